The van der Waals surface area contributed by atoms with Gasteiger partial charge in [-0.2, -0.15) is 0 Å². The zero-order valence-corrected chi connectivity index (χ0v) is 11.2. The van der Waals surface area contributed by atoms with Crippen LogP contribution in [0.1, 0.15) is 25.8 Å². The number of furan rings is 1. The first kappa shape index (κ1) is 10.9. The second-order valence-corrected chi connectivity index (χ2v) is 5.92. The molecule has 2 heteroatoms. The van der Waals surface area contributed by atoms with Crippen LogP contribution in [0.5, 0.6) is 5.75 Å². The highest BCUT2D eigenvalue weighted by atomic mass is 16.5. The largest absolute Gasteiger partial charge is 0.487 e. The lowest BCUT2D eigenvalue weighted by Gasteiger charge is -2.32. The zero-order chi connectivity index (χ0) is 13.0. The van der Waals surface area contributed by atoms with E-state index in [4.69, 9.17) is 9.15 Å². The van der Waals surface area contributed by atoms with E-state index >= 15 is 0 Å². The molecular formula is C17H16O2. The number of hydrogen-bond donors (Lipinski definition) is 0. The van der Waals surface area contributed by atoms with Gasteiger partial charge in [-0.25, -0.2) is 0 Å². The van der Waals surface area contributed by atoms with Crippen molar-refractivity contribution in [1.82, 2.24) is 0 Å². The summed E-state index contributed by atoms with van der Waals surface area (Å²) in [5.74, 6) is 0.975. The van der Waals surface area contributed by atoms with E-state index in [1.54, 1.807) is 0 Å². The quantitative estimate of drug-likeness (QED) is 0.579. The van der Waals surface area contributed by atoms with E-state index in [-0.39, 0.29) is 5.60 Å². The molecule has 0 amide bonds. The van der Waals surface area contributed by atoms with Gasteiger partial charge >= 0.3 is 0 Å². The SMILES string of the molecule is CC1(C)CCc2cc3c(cc2O1)oc1ccccc13. The van der Waals surface area contributed by atoms with Crippen LogP contribution in [-0.4, -0.2) is 5.60 Å². The third-order valence-corrected chi connectivity index (χ3v) is 3.94. The first-order valence-electron chi connectivity index (χ1n) is 6.76. The van der Waals surface area contributed by atoms with Crippen molar-refractivity contribution in [3.8, 4) is 5.75 Å². The van der Waals surface area contributed by atoms with Crippen molar-refractivity contribution in [3.63, 3.8) is 0 Å². The van der Waals surface area contributed by atoms with Crippen LogP contribution in [0.25, 0.3) is 21.9 Å². The first-order valence-corrected chi connectivity index (χ1v) is 6.76. The molecule has 0 fully saturated rings. The Kier molecular flexibility index (Phi) is 2.03. The molecule has 2 heterocycles. The summed E-state index contributed by atoms with van der Waals surface area (Å²) in [6, 6.07) is 12.5. The number of rotatable bonds is 0. The highest BCUT2D eigenvalue weighted by Gasteiger charge is 2.27. The van der Waals surface area contributed by atoms with Gasteiger partial charge in [0.2, 0.25) is 0 Å². The summed E-state index contributed by atoms with van der Waals surface area (Å²) < 4.78 is 12.0. The maximum atomic E-state index is 6.06. The molecule has 0 saturated carbocycles. The Hall–Kier alpha value is -1.96. The lowest BCUT2D eigenvalue weighted by molar-refractivity contribution is 0.0849. The van der Waals surface area contributed by atoms with Gasteiger partial charge in [-0.1, -0.05) is 18.2 Å². The summed E-state index contributed by atoms with van der Waals surface area (Å²) >= 11 is 0. The Morgan fingerprint density at radius 1 is 1.00 bits per heavy atom. The van der Waals surface area contributed by atoms with Gasteiger partial charge < -0.3 is 9.15 Å². The molecule has 1 aliphatic rings. The van der Waals surface area contributed by atoms with E-state index in [1.165, 1.54) is 16.3 Å². The lowest BCUT2D eigenvalue weighted by atomic mass is 9.93. The summed E-state index contributed by atoms with van der Waals surface area (Å²) in [6.45, 7) is 4.28. The number of fused-ring (bicyclic) bond motifs is 4. The maximum Gasteiger partial charge on any atom is 0.139 e. The number of aryl methyl sites for hydroxylation is 1. The van der Waals surface area contributed by atoms with E-state index in [2.05, 4.69) is 32.0 Å². The average molecular weight is 252 g/mol. The number of hydrogen-bond acceptors (Lipinski definition) is 2. The van der Waals surface area contributed by atoms with Crippen LogP contribution in [0.15, 0.2) is 40.8 Å². The molecule has 0 N–H and O–H groups in total. The smallest absolute Gasteiger partial charge is 0.139 e. The maximum absolute atomic E-state index is 6.06. The summed E-state index contributed by atoms with van der Waals surface area (Å²) in [6.07, 6.45) is 2.12. The van der Waals surface area contributed by atoms with Gasteiger partial charge in [0.1, 0.15) is 22.5 Å². The molecule has 4 rings (SSSR count). The van der Waals surface area contributed by atoms with Crippen LogP contribution >= 0.6 is 0 Å². The number of benzene rings is 2. The van der Waals surface area contributed by atoms with Gasteiger partial charge in [0.05, 0.1) is 0 Å². The molecule has 0 atom stereocenters. The van der Waals surface area contributed by atoms with Crippen LogP contribution in [0.4, 0.5) is 0 Å². The van der Waals surface area contributed by atoms with Crippen molar-refractivity contribution in [2.75, 3.05) is 0 Å². The van der Waals surface area contributed by atoms with Gasteiger partial charge in [0, 0.05) is 16.8 Å². The Morgan fingerprint density at radius 3 is 2.74 bits per heavy atom. The fourth-order valence-electron chi connectivity index (χ4n) is 2.87. The Bertz CT molecular complexity index is 780. The molecule has 0 unspecified atom stereocenters. The van der Waals surface area contributed by atoms with Gasteiger partial charge in [0.25, 0.3) is 0 Å². The monoisotopic (exact) mass is 252 g/mol. The van der Waals surface area contributed by atoms with Crippen molar-refractivity contribution in [1.29, 1.82) is 0 Å². The highest BCUT2D eigenvalue weighted by Crippen LogP contribution is 2.38. The topological polar surface area (TPSA) is 22.4 Å². The molecule has 1 aromatic heterocycles. The summed E-state index contributed by atoms with van der Waals surface area (Å²) in [5, 5.41) is 2.38. The normalized spacial score (nSPS) is 17.4. The van der Waals surface area contributed by atoms with Crippen LogP contribution < -0.4 is 4.74 Å². The standard InChI is InChI=1S/C17H16O2/c1-17(2)8-7-11-9-13-12-5-3-4-6-14(12)18-16(13)10-15(11)19-17/h3-6,9-10H,7-8H2,1-2H3. The summed E-state index contributed by atoms with van der Waals surface area (Å²) in [4.78, 5) is 0. The first-order chi connectivity index (χ1) is 9.12. The van der Waals surface area contributed by atoms with Crippen LogP contribution in [0, 0.1) is 0 Å². The molecule has 0 aliphatic carbocycles. The van der Waals surface area contributed by atoms with Gasteiger partial charge in [-0.05, 0) is 44.4 Å². The molecule has 3 aromatic rings. The Labute approximate surface area is 112 Å². The molecule has 96 valence electrons. The van der Waals surface area contributed by atoms with Gasteiger partial charge in [-0.3, -0.25) is 0 Å². The summed E-state index contributed by atoms with van der Waals surface area (Å²) in [5.41, 5.74) is 3.07. The highest BCUT2D eigenvalue weighted by molar-refractivity contribution is 6.05. The third kappa shape index (κ3) is 1.63. The van der Waals surface area contributed by atoms with Crippen molar-refractivity contribution in [2.45, 2.75) is 32.3 Å². The van der Waals surface area contributed by atoms with Crippen molar-refractivity contribution in [2.24, 2.45) is 0 Å². The predicted molar refractivity (Wildman–Crippen MR) is 76.7 cm³/mol. The van der Waals surface area contributed by atoms with E-state index < -0.39 is 0 Å². The van der Waals surface area contributed by atoms with Gasteiger partial charge in [0.15, 0.2) is 0 Å². The van der Waals surface area contributed by atoms with Crippen LogP contribution in [0.3, 0.4) is 0 Å². The zero-order valence-electron chi connectivity index (χ0n) is 11.2. The molecule has 0 bridgehead atoms. The Balaban J connectivity index is 2.00. The molecular weight excluding hydrogens is 236 g/mol. The minimum absolute atomic E-state index is 0.0767. The number of para-hydroxylation sites is 1. The molecule has 2 aromatic carbocycles. The minimum atomic E-state index is -0.0767. The van der Waals surface area contributed by atoms with E-state index in [0.29, 0.717) is 0 Å². The van der Waals surface area contributed by atoms with E-state index in [1.807, 2.05) is 18.2 Å². The molecule has 19 heavy (non-hydrogen) atoms. The Morgan fingerprint density at radius 2 is 1.84 bits per heavy atom. The van der Waals surface area contributed by atoms with Crippen molar-refractivity contribution < 1.29 is 9.15 Å². The van der Waals surface area contributed by atoms with E-state index in [9.17, 15) is 0 Å². The molecule has 0 saturated heterocycles. The van der Waals surface area contributed by atoms with Crippen molar-refractivity contribution in [3.05, 3.63) is 42.0 Å². The van der Waals surface area contributed by atoms with Crippen LogP contribution in [0.2, 0.25) is 0 Å². The minimum Gasteiger partial charge on any atom is -0.487 e. The predicted octanol–water partition coefficient (Wildman–Crippen LogP) is 4.69. The number of ether oxygens (including phenoxy) is 1. The van der Waals surface area contributed by atoms with Crippen LogP contribution in [-0.2, 0) is 6.42 Å². The summed E-state index contributed by atoms with van der Waals surface area (Å²) in [7, 11) is 0. The lowest BCUT2D eigenvalue weighted by Crippen LogP contribution is -2.32. The molecule has 1 aliphatic heterocycles. The molecule has 0 radical (unpaired) electrons. The third-order valence-electron chi connectivity index (χ3n) is 3.94. The molecule has 0 spiro atoms. The second-order valence-electron chi connectivity index (χ2n) is 5.92. The van der Waals surface area contributed by atoms with Crippen molar-refractivity contribution >= 4 is 21.9 Å². The fraction of sp³-hybridized carbons (Fsp3) is 0.294. The fourth-order valence-corrected chi connectivity index (χ4v) is 2.87. The average Bonchev–Trinajstić information content (AvgIpc) is 2.72. The molecule has 2 nitrogen and oxygen atoms in total. The second kappa shape index (κ2) is 3.53. The van der Waals surface area contributed by atoms with Gasteiger partial charge in [-0.15, -0.1) is 0 Å². The van der Waals surface area contributed by atoms with E-state index in [0.717, 1.165) is 29.8 Å².